The van der Waals surface area contributed by atoms with Gasteiger partial charge in [0.1, 0.15) is 24.7 Å². The number of methoxy groups -OCH3 is 1. The number of fused-ring (bicyclic) bond motifs is 2. The number of benzene rings is 2. The molecule has 1 saturated heterocycles. The van der Waals surface area contributed by atoms with Gasteiger partial charge < -0.3 is 19.3 Å². The summed E-state index contributed by atoms with van der Waals surface area (Å²) < 4.78 is 17.3. The molecule has 10 heteroatoms. The Bertz CT molecular complexity index is 1550. The van der Waals surface area contributed by atoms with Gasteiger partial charge in [-0.15, -0.1) is 0 Å². The van der Waals surface area contributed by atoms with Crippen LogP contribution in [0, 0.1) is 0 Å². The number of carbonyl (C=O) groups excluding carboxylic acids is 2. The fourth-order valence-electron chi connectivity index (χ4n) is 4.35. The minimum absolute atomic E-state index is 0.0542. The topological polar surface area (TPSA) is 111 Å². The molecule has 6 rings (SSSR count). The van der Waals surface area contributed by atoms with Crippen molar-refractivity contribution in [2.24, 2.45) is 0 Å². The molecule has 1 unspecified atom stereocenters. The highest BCUT2D eigenvalue weighted by atomic mass is 32.1. The van der Waals surface area contributed by atoms with Gasteiger partial charge in [0.05, 0.1) is 28.9 Å². The van der Waals surface area contributed by atoms with Gasteiger partial charge in [-0.3, -0.25) is 19.5 Å². The molecule has 2 aromatic heterocycles. The third-order valence-electron chi connectivity index (χ3n) is 6.05. The van der Waals surface area contributed by atoms with Crippen molar-refractivity contribution in [3.63, 3.8) is 0 Å². The maximum absolute atomic E-state index is 13.4. The van der Waals surface area contributed by atoms with Crippen molar-refractivity contribution in [3.05, 3.63) is 77.6 Å². The lowest BCUT2D eigenvalue weighted by Gasteiger charge is -2.23. The first-order valence-electron chi connectivity index (χ1n) is 11.1. The molecule has 1 fully saturated rings. The van der Waals surface area contributed by atoms with Crippen molar-refractivity contribution in [1.82, 2.24) is 9.97 Å². The van der Waals surface area contributed by atoms with Crippen LogP contribution in [0.15, 0.2) is 66.5 Å². The fraction of sp³-hybridized carbons (Fsp3) is 0.154. The Morgan fingerprint density at radius 3 is 2.72 bits per heavy atom. The van der Waals surface area contributed by atoms with Crippen molar-refractivity contribution >= 4 is 44.1 Å². The standard InChI is InChI=1S/C26H19N3O6S/c1-33-16-5-6-17-20(12-16)36-26(28-17)29-22(15-3-2-8-27-13-15)21(24(31)25(29)32)23(30)14-4-7-18-19(11-14)35-10-9-34-18/h2-8,11-13,22,30H,9-10H2,1H3/b23-21-. The van der Waals surface area contributed by atoms with Crippen molar-refractivity contribution in [2.45, 2.75) is 6.04 Å². The largest absolute Gasteiger partial charge is 0.507 e. The zero-order valence-electron chi connectivity index (χ0n) is 19.0. The molecule has 4 aromatic rings. The third kappa shape index (κ3) is 3.54. The van der Waals surface area contributed by atoms with E-state index in [4.69, 9.17) is 14.2 Å². The lowest BCUT2D eigenvalue weighted by Crippen LogP contribution is -2.29. The monoisotopic (exact) mass is 501 g/mol. The predicted octanol–water partition coefficient (Wildman–Crippen LogP) is 4.10. The number of carbonyl (C=O) groups is 2. The van der Waals surface area contributed by atoms with Gasteiger partial charge in [-0.1, -0.05) is 17.4 Å². The van der Waals surface area contributed by atoms with Gasteiger partial charge in [0.15, 0.2) is 16.6 Å². The van der Waals surface area contributed by atoms with Gasteiger partial charge in [0.2, 0.25) is 0 Å². The van der Waals surface area contributed by atoms with E-state index in [1.165, 1.54) is 16.2 Å². The average molecular weight is 502 g/mol. The Morgan fingerprint density at radius 2 is 1.94 bits per heavy atom. The molecule has 2 aromatic carbocycles. The van der Waals surface area contributed by atoms with E-state index in [0.29, 0.717) is 52.2 Å². The fourth-order valence-corrected chi connectivity index (χ4v) is 5.37. The molecule has 1 atom stereocenters. The van der Waals surface area contributed by atoms with E-state index >= 15 is 0 Å². The summed E-state index contributed by atoms with van der Waals surface area (Å²) in [6.07, 6.45) is 3.16. The number of hydrogen-bond acceptors (Lipinski definition) is 9. The second-order valence-electron chi connectivity index (χ2n) is 8.14. The van der Waals surface area contributed by atoms with Crippen molar-refractivity contribution < 1.29 is 28.9 Å². The summed E-state index contributed by atoms with van der Waals surface area (Å²) in [7, 11) is 1.57. The quantitative estimate of drug-likeness (QED) is 0.253. The van der Waals surface area contributed by atoms with E-state index in [-0.39, 0.29) is 11.3 Å². The van der Waals surface area contributed by atoms with Crippen LogP contribution in [0.1, 0.15) is 17.2 Å². The zero-order valence-corrected chi connectivity index (χ0v) is 19.8. The molecule has 4 heterocycles. The number of anilines is 1. The van der Waals surface area contributed by atoms with Gasteiger partial charge in [0.25, 0.3) is 5.78 Å². The van der Waals surface area contributed by atoms with Gasteiger partial charge in [-0.25, -0.2) is 4.98 Å². The molecule has 2 aliphatic heterocycles. The number of ketones is 1. The molecule has 0 saturated carbocycles. The molecule has 2 aliphatic rings. The van der Waals surface area contributed by atoms with Crippen LogP contribution < -0.4 is 19.1 Å². The molecular weight excluding hydrogens is 482 g/mol. The molecular formula is C26H19N3O6S. The van der Waals surface area contributed by atoms with Crippen molar-refractivity contribution in [3.8, 4) is 17.2 Å². The smallest absolute Gasteiger partial charge is 0.301 e. The number of aliphatic hydroxyl groups excluding tert-OH is 1. The van der Waals surface area contributed by atoms with E-state index in [2.05, 4.69) is 9.97 Å². The highest BCUT2D eigenvalue weighted by molar-refractivity contribution is 7.22. The van der Waals surface area contributed by atoms with E-state index < -0.39 is 17.7 Å². The first-order valence-corrected chi connectivity index (χ1v) is 11.9. The van der Waals surface area contributed by atoms with Crippen molar-refractivity contribution in [2.75, 3.05) is 25.2 Å². The first-order chi connectivity index (χ1) is 17.5. The number of rotatable bonds is 4. The Hall–Kier alpha value is -4.44. The second kappa shape index (κ2) is 8.65. The highest BCUT2D eigenvalue weighted by Crippen LogP contribution is 2.45. The van der Waals surface area contributed by atoms with Crippen LogP contribution in [0.4, 0.5) is 5.13 Å². The number of aromatic nitrogens is 2. The Balaban J connectivity index is 1.52. The molecule has 36 heavy (non-hydrogen) atoms. The molecule has 0 spiro atoms. The van der Waals surface area contributed by atoms with Crippen LogP contribution in [0.2, 0.25) is 0 Å². The molecule has 1 amide bonds. The number of thiazole rings is 1. The van der Waals surface area contributed by atoms with Crippen LogP contribution >= 0.6 is 11.3 Å². The van der Waals surface area contributed by atoms with Crippen molar-refractivity contribution in [1.29, 1.82) is 0 Å². The Labute approximate surface area is 209 Å². The number of aliphatic hydroxyl groups is 1. The van der Waals surface area contributed by atoms with Crippen LogP contribution in [0.5, 0.6) is 17.2 Å². The number of nitrogens with zero attached hydrogens (tertiary/aromatic N) is 3. The van der Waals surface area contributed by atoms with E-state index in [1.54, 1.807) is 62.0 Å². The van der Waals surface area contributed by atoms with E-state index in [9.17, 15) is 14.7 Å². The van der Waals surface area contributed by atoms with E-state index in [1.807, 2.05) is 6.07 Å². The first kappa shape index (κ1) is 22.1. The Morgan fingerprint density at radius 1 is 1.11 bits per heavy atom. The number of hydrogen-bond donors (Lipinski definition) is 1. The minimum Gasteiger partial charge on any atom is -0.507 e. The number of pyridine rings is 1. The van der Waals surface area contributed by atoms with Gasteiger partial charge in [0, 0.05) is 18.0 Å². The van der Waals surface area contributed by atoms with Crippen LogP contribution in [-0.4, -0.2) is 47.1 Å². The molecule has 0 radical (unpaired) electrons. The van der Waals surface area contributed by atoms with Crippen LogP contribution in [-0.2, 0) is 9.59 Å². The molecule has 0 aliphatic carbocycles. The summed E-state index contributed by atoms with van der Waals surface area (Å²) in [6, 6.07) is 12.8. The number of amides is 1. The van der Waals surface area contributed by atoms with Crippen LogP contribution in [0.3, 0.4) is 0 Å². The number of ether oxygens (including phenoxy) is 3. The van der Waals surface area contributed by atoms with E-state index in [0.717, 1.165) is 4.70 Å². The maximum Gasteiger partial charge on any atom is 0.301 e. The molecule has 180 valence electrons. The minimum atomic E-state index is -0.922. The lowest BCUT2D eigenvalue weighted by molar-refractivity contribution is -0.132. The summed E-state index contributed by atoms with van der Waals surface area (Å²) in [5, 5.41) is 11.7. The average Bonchev–Trinajstić information content (AvgIpc) is 3.46. The summed E-state index contributed by atoms with van der Waals surface area (Å²) in [5.74, 6) is -0.252. The van der Waals surface area contributed by atoms with Gasteiger partial charge in [-0.2, -0.15) is 0 Å². The summed E-state index contributed by atoms with van der Waals surface area (Å²) in [4.78, 5) is 36.8. The molecule has 1 N–H and O–H groups in total. The van der Waals surface area contributed by atoms with Gasteiger partial charge in [-0.05, 0) is 48.0 Å². The third-order valence-corrected chi connectivity index (χ3v) is 7.07. The predicted molar refractivity (Wildman–Crippen MR) is 133 cm³/mol. The second-order valence-corrected chi connectivity index (χ2v) is 9.15. The SMILES string of the molecule is COc1ccc2nc(N3C(=O)C(=O)/C(=C(\O)c4ccc5c(c4)OCCO5)C3c3cccnc3)sc2c1. The highest BCUT2D eigenvalue weighted by Gasteiger charge is 2.48. The van der Waals surface area contributed by atoms with Crippen LogP contribution in [0.25, 0.3) is 16.0 Å². The lowest BCUT2D eigenvalue weighted by atomic mass is 9.96. The summed E-state index contributed by atoms with van der Waals surface area (Å²) >= 11 is 1.26. The summed E-state index contributed by atoms with van der Waals surface area (Å²) in [5.41, 5.74) is 1.50. The molecule has 9 nitrogen and oxygen atoms in total. The Kier molecular flexibility index (Phi) is 5.30. The summed E-state index contributed by atoms with van der Waals surface area (Å²) in [6.45, 7) is 0.804. The van der Waals surface area contributed by atoms with Gasteiger partial charge >= 0.3 is 5.91 Å². The zero-order chi connectivity index (χ0) is 24.8. The maximum atomic E-state index is 13.4. The normalized spacial score (nSPS) is 18.6. The molecule has 0 bridgehead atoms. The number of Topliss-reactive ketones (excluding diaryl/α,β-unsaturated/α-hetero) is 1.